The van der Waals surface area contributed by atoms with Crippen molar-refractivity contribution in [3.8, 4) is 0 Å². The SMILES string of the molecule is O=C(CO)N1CCN(CCCn2ccnc2)CC1. The van der Waals surface area contributed by atoms with Crippen LogP contribution in [0.2, 0.25) is 0 Å². The van der Waals surface area contributed by atoms with Crippen molar-refractivity contribution in [3.05, 3.63) is 18.7 Å². The van der Waals surface area contributed by atoms with E-state index < -0.39 is 0 Å². The van der Waals surface area contributed by atoms with Crippen LogP contribution in [0.4, 0.5) is 0 Å². The summed E-state index contributed by atoms with van der Waals surface area (Å²) in [6, 6.07) is 0. The summed E-state index contributed by atoms with van der Waals surface area (Å²) in [4.78, 5) is 19.4. The molecular formula is C12H20N4O2. The van der Waals surface area contributed by atoms with Crippen molar-refractivity contribution in [1.82, 2.24) is 19.4 Å². The molecule has 2 rings (SSSR count). The fourth-order valence-corrected chi connectivity index (χ4v) is 2.22. The number of aliphatic hydroxyl groups is 1. The number of aryl methyl sites for hydroxylation is 1. The molecule has 1 saturated heterocycles. The third kappa shape index (κ3) is 3.54. The second-order valence-electron chi connectivity index (χ2n) is 4.53. The molecular weight excluding hydrogens is 232 g/mol. The zero-order valence-electron chi connectivity index (χ0n) is 10.5. The van der Waals surface area contributed by atoms with Crippen LogP contribution in [0.15, 0.2) is 18.7 Å². The summed E-state index contributed by atoms with van der Waals surface area (Å²) >= 11 is 0. The van der Waals surface area contributed by atoms with Crippen LogP contribution in [-0.2, 0) is 11.3 Å². The Bertz CT molecular complexity index is 358. The Kier molecular flexibility index (Phi) is 4.72. The van der Waals surface area contributed by atoms with Crippen molar-refractivity contribution in [1.29, 1.82) is 0 Å². The molecule has 1 aromatic heterocycles. The molecule has 0 spiro atoms. The molecule has 0 unspecified atom stereocenters. The van der Waals surface area contributed by atoms with E-state index in [0.29, 0.717) is 0 Å². The van der Waals surface area contributed by atoms with Crippen LogP contribution < -0.4 is 0 Å². The van der Waals surface area contributed by atoms with E-state index >= 15 is 0 Å². The molecule has 1 amide bonds. The van der Waals surface area contributed by atoms with E-state index in [-0.39, 0.29) is 12.5 Å². The molecule has 100 valence electrons. The Morgan fingerprint density at radius 3 is 2.61 bits per heavy atom. The van der Waals surface area contributed by atoms with Gasteiger partial charge in [-0.15, -0.1) is 0 Å². The van der Waals surface area contributed by atoms with Gasteiger partial charge in [-0.2, -0.15) is 0 Å². The monoisotopic (exact) mass is 252 g/mol. The van der Waals surface area contributed by atoms with Crippen LogP contribution in [0, 0.1) is 0 Å². The number of carbonyl (C=O) groups excluding carboxylic acids is 1. The maximum atomic E-state index is 11.3. The Labute approximate surface area is 107 Å². The maximum absolute atomic E-state index is 11.3. The molecule has 1 aliphatic heterocycles. The fourth-order valence-electron chi connectivity index (χ4n) is 2.22. The molecule has 1 aromatic rings. The third-order valence-electron chi connectivity index (χ3n) is 3.31. The van der Waals surface area contributed by atoms with Gasteiger partial charge in [0.05, 0.1) is 6.33 Å². The summed E-state index contributed by atoms with van der Waals surface area (Å²) in [6.45, 7) is 4.90. The van der Waals surface area contributed by atoms with Crippen LogP contribution in [0.5, 0.6) is 0 Å². The minimum atomic E-state index is -0.374. The average Bonchev–Trinajstić information content (AvgIpc) is 2.92. The standard InChI is InChI=1S/C12H20N4O2/c17-10-12(18)16-8-6-14(7-9-16)3-1-4-15-5-2-13-11-15/h2,5,11,17H,1,3-4,6-10H2. The molecule has 2 heterocycles. The zero-order chi connectivity index (χ0) is 12.8. The van der Waals surface area contributed by atoms with Gasteiger partial charge in [0, 0.05) is 45.1 Å². The molecule has 1 N–H and O–H groups in total. The third-order valence-corrected chi connectivity index (χ3v) is 3.31. The number of hydrogen-bond acceptors (Lipinski definition) is 4. The Morgan fingerprint density at radius 2 is 2.00 bits per heavy atom. The quantitative estimate of drug-likeness (QED) is 0.761. The van der Waals surface area contributed by atoms with Crippen LogP contribution in [0.1, 0.15) is 6.42 Å². The number of hydrogen-bond donors (Lipinski definition) is 1. The van der Waals surface area contributed by atoms with E-state index in [9.17, 15) is 4.79 Å². The lowest BCUT2D eigenvalue weighted by atomic mass is 10.3. The molecule has 0 atom stereocenters. The maximum Gasteiger partial charge on any atom is 0.248 e. The molecule has 0 aromatic carbocycles. The van der Waals surface area contributed by atoms with E-state index in [4.69, 9.17) is 5.11 Å². The van der Waals surface area contributed by atoms with Crippen molar-refractivity contribution in [2.45, 2.75) is 13.0 Å². The number of rotatable bonds is 5. The van der Waals surface area contributed by atoms with E-state index in [2.05, 4.69) is 14.5 Å². The highest BCUT2D eigenvalue weighted by atomic mass is 16.3. The van der Waals surface area contributed by atoms with E-state index in [0.717, 1.165) is 45.7 Å². The second kappa shape index (κ2) is 6.51. The summed E-state index contributed by atoms with van der Waals surface area (Å²) in [6.07, 6.45) is 6.68. The Balaban J connectivity index is 1.63. The molecule has 6 nitrogen and oxygen atoms in total. The van der Waals surface area contributed by atoms with Crippen LogP contribution >= 0.6 is 0 Å². The van der Waals surface area contributed by atoms with Gasteiger partial charge in [0.25, 0.3) is 0 Å². The topological polar surface area (TPSA) is 61.6 Å². The minimum Gasteiger partial charge on any atom is -0.387 e. The lowest BCUT2D eigenvalue weighted by molar-refractivity contribution is -0.135. The van der Waals surface area contributed by atoms with Gasteiger partial charge in [-0.1, -0.05) is 0 Å². The van der Waals surface area contributed by atoms with E-state index in [1.54, 1.807) is 11.1 Å². The van der Waals surface area contributed by atoms with Gasteiger partial charge in [-0.3, -0.25) is 9.69 Å². The first-order chi connectivity index (χ1) is 8.79. The summed E-state index contributed by atoms with van der Waals surface area (Å²) in [5.74, 6) is -0.159. The van der Waals surface area contributed by atoms with Gasteiger partial charge in [-0.05, 0) is 13.0 Å². The molecule has 6 heteroatoms. The normalized spacial score (nSPS) is 17.1. The van der Waals surface area contributed by atoms with Crippen molar-refractivity contribution in [2.75, 3.05) is 39.3 Å². The highest BCUT2D eigenvalue weighted by Gasteiger charge is 2.19. The Hall–Kier alpha value is -1.40. The predicted octanol–water partition coefficient (Wildman–Crippen LogP) is -0.590. The Morgan fingerprint density at radius 1 is 1.22 bits per heavy atom. The largest absolute Gasteiger partial charge is 0.387 e. The number of carbonyl (C=O) groups is 1. The van der Waals surface area contributed by atoms with Gasteiger partial charge in [0.1, 0.15) is 6.61 Å². The van der Waals surface area contributed by atoms with Crippen LogP contribution in [-0.4, -0.2) is 69.7 Å². The summed E-state index contributed by atoms with van der Waals surface area (Å²) < 4.78 is 2.07. The number of aliphatic hydroxyl groups excluding tert-OH is 1. The number of piperazine rings is 1. The summed E-state index contributed by atoms with van der Waals surface area (Å²) in [7, 11) is 0. The zero-order valence-corrected chi connectivity index (χ0v) is 10.5. The fraction of sp³-hybridized carbons (Fsp3) is 0.667. The summed E-state index contributed by atoms with van der Waals surface area (Å²) in [5, 5.41) is 8.79. The highest BCUT2D eigenvalue weighted by molar-refractivity contribution is 5.77. The van der Waals surface area contributed by atoms with Crippen molar-refractivity contribution >= 4 is 5.91 Å². The summed E-state index contributed by atoms with van der Waals surface area (Å²) in [5.41, 5.74) is 0. The van der Waals surface area contributed by atoms with Crippen LogP contribution in [0.3, 0.4) is 0 Å². The lowest BCUT2D eigenvalue weighted by Crippen LogP contribution is -2.49. The molecule has 0 saturated carbocycles. The highest BCUT2D eigenvalue weighted by Crippen LogP contribution is 2.03. The molecule has 1 fully saturated rings. The van der Waals surface area contributed by atoms with Crippen LogP contribution in [0.25, 0.3) is 0 Å². The van der Waals surface area contributed by atoms with Crippen molar-refractivity contribution in [2.24, 2.45) is 0 Å². The molecule has 0 bridgehead atoms. The average molecular weight is 252 g/mol. The van der Waals surface area contributed by atoms with Gasteiger partial charge >= 0.3 is 0 Å². The number of aromatic nitrogens is 2. The number of imidazole rings is 1. The molecule has 0 aliphatic carbocycles. The van der Waals surface area contributed by atoms with Crippen molar-refractivity contribution in [3.63, 3.8) is 0 Å². The predicted molar refractivity (Wildman–Crippen MR) is 66.9 cm³/mol. The number of amides is 1. The molecule has 0 radical (unpaired) electrons. The minimum absolute atomic E-state index is 0.159. The van der Waals surface area contributed by atoms with E-state index in [1.165, 1.54) is 0 Å². The lowest BCUT2D eigenvalue weighted by Gasteiger charge is -2.34. The molecule has 1 aliphatic rings. The first-order valence-electron chi connectivity index (χ1n) is 6.36. The second-order valence-corrected chi connectivity index (χ2v) is 4.53. The van der Waals surface area contributed by atoms with Gasteiger partial charge < -0.3 is 14.6 Å². The van der Waals surface area contributed by atoms with Gasteiger partial charge in [0.15, 0.2) is 0 Å². The van der Waals surface area contributed by atoms with E-state index in [1.807, 2.05) is 12.5 Å². The first kappa shape index (κ1) is 13.0. The van der Waals surface area contributed by atoms with Gasteiger partial charge in [-0.25, -0.2) is 4.98 Å². The molecule has 18 heavy (non-hydrogen) atoms. The van der Waals surface area contributed by atoms with Gasteiger partial charge in [0.2, 0.25) is 5.91 Å². The smallest absolute Gasteiger partial charge is 0.248 e. The first-order valence-corrected chi connectivity index (χ1v) is 6.36. The number of nitrogens with zero attached hydrogens (tertiary/aromatic N) is 4. The van der Waals surface area contributed by atoms with Crippen molar-refractivity contribution < 1.29 is 9.90 Å².